The summed E-state index contributed by atoms with van der Waals surface area (Å²) in [5.74, 6) is 0.423. The molecular weight excluding hydrogens is 354 g/mol. The zero-order chi connectivity index (χ0) is 19.1. The lowest BCUT2D eigenvalue weighted by atomic mass is 9.67. The van der Waals surface area contributed by atoms with Gasteiger partial charge < -0.3 is 28.8 Å². The number of carbonyl (C=O) groups is 1. The molecule has 1 saturated carbocycles. The fraction of sp³-hybridized carbons (Fsp3) is 0.632. The number of benzene rings is 1. The average Bonchev–Trinajstić information content (AvgIpc) is 3.19. The number of methoxy groups -OCH3 is 3. The van der Waals surface area contributed by atoms with Crippen LogP contribution in [-0.4, -0.2) is 80.9 Å². The van der Waals surface area contributed by atoms with Gasteiger partial charge in [0.1, 0.15) is 23.9 Å². The van der Waals surface area contributed by atoms with Crippen molar-refractivity contribution in [2.24, 2.45) is 0 Å². The number of hydrogen-bond acceptors (Lipinski definition) is 8. The summed E-state index contributed by atoms with van der Waals surface area (Å²) < 4.78 is 28.4. The maximum atomic E-state index is 12.8. The van der Waals surface area contributed by atoms with E-state index >= 15 is 0 Å². The molecular formula is C19H23NO7. The van der Waals surface area contributed by atoms with E-state index in [1.165, 1.54) is 14.2 Å². The molecule has 8 heteroatoms. The number of aliphatic hydroxyl groups excluding tert-OH is 1. The fourth-order valence-electron chi connectivity index (χ4n) is 5.53. The van der Waals surface area contributed by atoms with E-state index in [0.717, 1.165) is 13.0 Å². The standard InChI is InChI=1S/C19H23NO7/c1-20-6-5-18-15(26-18)13(25-4)14(21)19(17(18)20)10-8-12(24-3)11(23-2)7-9(10)16(22)27-19/h7-8,13-15,17,21H,5-6H2,1-4H3/t13-,14+,15+,17+,18-,19-/m0/s1. The van der Waals surface area contributed by atoms with Gasteiger partial charge in [0.15, 0.2) is 17.1 Å². The van der Waals surface area contributed by atoms with Crippen LogP contribution in [0.5, 0.6) is 11.5 Å². The maximum Gasteiger partial charge on any atom is 0.339 e. The highest BCUT2D eigenvalue weighted by molar-refractivity contribution is 5.96. The number of epoxide rings is 1. The van der Waals surface area contributed by atoms with E-state index in [-0.39, 0.29) is 12.1 Å². The van der Waals surface area contributed by atoms with Crippen LogP contribution < -0.4 is 9.47 Å². The predicted molar refractivity (Wildman–Crippen MR) is 92.1 cm³/mol. The van der Waals surface area contributed by atoms with Gasteiger partial charge in [0.25, 0.3) is 0 Å². The van der Waals surface area contributed by atoms with Gasteiger partial charge in [0, 0.05) is 19.2 Å². The first kappa shape index (κ1) is 17.2. The van der Waals surface area contributed by atoms with Crippen LogP contribution in [0.15, 0.2) is 12.1 Å². The third-order valence-corrected chi connectivity index (χ3v) is 6.68. The molecule has 0 aromatic heterocycles. The van der Waals surface area contributed by atoms with Crippen molar-refractivity contribution >= 4 is 5.97 Å². The van der Waals surface area contributed by atoms with Gasteiger partial charge in [0.05, 0.1) is 25.8 Å². The van der Waals surface area contributed by atoms with E-state index in [2.05, 4.69) is 4.90 Å². The van der Waals surface area contributed by atoms with Crippen LogP contribution in [0.4, 0.5) is 0 Å². The van der Waals surface area contributed by atoms with Crippen molar-refractivity contribution in [3.05, 3.63) is 23.3 Å². The van der Waals surface area contributed by atoms with Gasteiger partial charge in [0.2, 0.25) is 0 Å². The molecule has 1 aromatic rings. The summed E-state index contributed by atoms with van der Waals surface area (Å²) in [5.41, 5.74) is -0.808. The first-order chi connectivity index (χ1) is 12.9. The number of hydrogen-bond donors (Lipinski definition) is 1. The van der Waals surface area contributed by atoms with Gasteiger partial charge >= 0.3 is 5.97 Å². The number of rotatable bonds is 3. The van der Waals surface area contributed by atoms with Crippen molar-refractivity contribution in [1.29, 1.82) is 0 Å². The molecule has 2 saturated heterocycles. The van der Waals surface area contributed by atoms with Gasteiger partial charge in [-0.25, -0.2) is 4.79 Å². The fourth-order valence-corrected chi connectivity index (χ4v) is 5.53. The summed E-state index contributed by atoms with van der Waals surface area (Å²) in [7, 11) is 6.56. The Labute approximate surface area is 156 Å². The normalized spacial score (nSPS) is 41.7. The lowest BCUT2D eigenvalue weighted by Gasteiger charge is -2.47. The average molecular weight is 377 g/mol. The smallest absolute Gasteiger partial charge is 0.339 e. The summed E-state index contributed by atoms with van der Waals surface area (Å²) in [6.45, 7) is 0.784. The second-order valence-electron chi connectivity index (χ2n) is 7.71. The van der Waals surface area contributed by atoms with Crippen LogP contribution in [0.3, 0.4) is 0 Å². The van der Waals surface area contributed by atoms with Crippen molar-refractivity contribution in [3.63, 3.8) is 0 Å². The molecule has 5 rings (SSSR count). The van der Waals surface area contributed by atoms with Gasteiger partial charge in [-0.05, 0) is 25.6 Å². The Morgan fingerprint density at radius 2 is 1.93 bits per heavy atom. The highest BCUT2D eigenvalue weighted by Gasteiger charge is 2.81. The molecule has 4 aliphatic rings. The van der Waals surface area contributed by atoms with Crippen LogP contribution in [0.1, 0.15) is 22.3 Å². The minimum Gasteiger partial charge on any atom is -0.493 e. The molecule has 6 atom stereocenters. The highest BCUT2D eigenvalue weighted by atomic mass is 16.7. The van der Waals surface area contributed by atoms with Crippen LogP contribution in [0, 0.1) is 0 Å². The number of carbonyl (C=O) groups excluding carboxylic acids is 1. The molecule has 2 spiro atoms. The summed E-state index contributed by atoms with van der Waals surface area (Å²) >= 11 is 0. The molecule has 3 aliphatic heterocycles. The van der Waals surface area contributed by atoms with Crippen molar-refractivity contribution in [3.8, 4) is 11.5 Å². The lowest BCUT2D eigenvalue weighted by molar-refractivity contribution is -0.182. The van der Waals surface area contributed by atoms with E-state index < -0.39 is 29.4 Å². The minimum atomic E-state index is -1.29. The minimum absolute atomic E-state index is 0.207. The second kappa shape index (κ2) is 5.35. The molecule has 8 nitrogen and oxygen atoms in total. The Balaban J connectivity index is 1.75. The molecule has 0 amide bonds. The number of fused-ring (bicyclic) bond motifs is 3. The lowest BCUT2D eigenvalue weighted by Crippen LogP contribution is -2.67. The molecule has 27 heavy (non-hydrogen) atoms. The molecule has 3 fully saturated rings. The first-order valence-electron chi connectivity index (χ1n) is 9.03. The summed E-state index contributed by atoms with van der Waals surface area (Å²) in [4.78, 5) is 14.9. The molecule has 146 valence electrons. The Morgan fingerprint density at radius 3 is 2.59 bits per heavy atom. The zero-order valence-electron chi connectivity index (χ0n) is 15.7. The van der Waals surface area contributed by atoms with E-state index in [1.54, 1.807) is 19.2 Å². The second-order valence-corrected chi connectivity index (χ2v) is 7.71. The van der Waals surface area contributed by atoms with Gasteiger partial charge in [-0.1, -0.05) is 0 Å². The summed E-state index contributed by atoms with van der Waals surface area (Å²) in [5, 5.41) is 11.4. The highest BCUT2D eigenvalue weighted by Crippen LogP contribution is 2.64. The van der Waals surface area contributed by atoms with Gasteiger partial charge in [-0.2, -0.15) is 0 Å². The molecule has 1 aromatic carbocycles. The van der Waals surface area contributed by atoms with E-state index in [0.29, 0.717) is 22.6 Å². The predicted octanol–water partition coefficient (Wildman–Crippen LogP) is 0.301. The van der Waals surface area contributed by atoms with E-state index in [9.17, 15) is 9.90 Å². The quantitative estimate of drug-likeness (QED) is 0.594. The number of likely N-dealkylation sites (N-methyl/N-ethyl adjacent to an activating group) is 1. The molecule has 0 bridgehead atoms. The Morgan fingerprint density at radius 1 is 1.22 bits per heavy atom. The third kappa shape index (κ3) is 1.84. The number of ether oxygens (including phenoxy) is 5. The molecule has 0 unspecified atom stereocenters. The van der Waals surface area contributed by atoms with E-state index in [1.807, 2.05) is 7.05 Å². The molecule has 1 aliphatic carbocycles. The van der Waals surface area contributed by atoms with Crippen molar-refractivity contribution in [1.82, 2.24) is 4.90 Å². The van der Waals surface area contributed by atoms with Crippen LogP contribution in [0.2, 0.25) is 0 Å². The maximum absolute atomic E-state index is 12.8. The van der Waals surface area contributed by atoms with Crippen LogP contribution in [-0.2, 0) is 19.8 Å². The molecule has 3 heterocycles. The third-order valence-electron chi connectivity index (χ3n) is 6.68. The topological polar surface area (TPSA) is 90.0 Å². The summed E-state index contributed by atoms with van der Waals surface area (Å²) in [6, 6.07) is 3.04. The summed E-state index contributed by atoms with van der Waals surface area (Å²) in [6.07, 6.45) is -1.06. The van der Waals surface area contributed by atoms with Crippen LogP contribution in [0.25, 0.3) is 0 Å². The Kier molecular flexibility index (Phi) is 3.42. The van der Waals surface area contributed by atoms with E-state index in [4.69, 9.17) is 23.7 Å². The van der Waals surface area contributed by atoms with Gasteiger partial charge in [-0.3, -0.25) is 4.90 Å². The van der Waals surface area contributed by atoms with Crippen molar-refractivity contribution in [2.75, 3.05) is 34.9 Å². The monoisotopic (exact) mass is 377 g/mol. The molecule has 0 radical (unpaired) electrons. The molecule has 1 N–H and O–H groups in total. The Hall–Kier alpha value is -1.87. The van der Waals surface area contributed by atoms with Crippen LogP contribution >= 0.6 is 0 Å². The number of aliphatic hydroxyl groups is 1. The van der Waals surface area contributed by atoms with Crippen molar-refractivity contribution in [2.45, 2.75) is 42.0 Å². The number of esters is 1. The zero-order valence-corrected chi connectivity index (χ0v) is 15.7. The number of likely N-dealkylation sites (tertiary alicyclic amines) is 1. The SMILES string of the molecule is COc1cc2c(cc1OC)[C@]1(OC2=O)[C@H](O)[C@H](OC)[C@H]2O[C@@]23CCN(C)[C@H]31. The number of nitrogens with zero attached hydrogens (tertiary/aromatic N) is 1. The van der Waals surface area contributed by atoms with Gasteiger partial charge in [-0.15, -0.1) is 0 Å². The largest absolute Gasteiger partial charge is 0.493 e. The Bertz CT molecular complexity index is 829. The first-order valence-corrected chi connectivity index (χ1v) is 9.03. The van der Waals surface area contributed by atoms with Crippen molar-refractivity contribution < 1.29 is 33.6 Å².